The molecule has 4 nitrogen and oxygen atoms in total. The third-order valence-electron chi connectivity index (χ3n) is 2.65. The summed E-state index contributed by atoms with van der Waals surface area (Å²) in [7, 11) is 0. The van der Waals surface area contributed by atoms with Gasteiger partial charge in [0.05, 0.1) is 12.7 Å². The summed E-state index contributed by atoms with van der Waals surface area (Å²) in [6.07, 6.45) is 5.91. The van der Waals surface area contributed by atoms with E-state index in [2.05, 4.69) is 11.4 Å². The van der Waals surface area contributed by atoms with E-state index >= 15 is 0 Å². The van der Waals surface area contributed by atoms with Crippen LogP contribution >= 0.6 is 0 Å². The van der Waals surface area contributed by atoms with Crippen molar-refractivity contribution in [3.63, 3.8) is 0 Å². The van der Waals surface area contributed by atoms with Crippen LogP contribution in [0.15, 0.2) is 11.6 Å². The lowest BCUT2D eigenvalue weighted by molar-refractivity contribution is 0.193. The van der Waals surface area contributed by atoms with Crippen molar-refractivity contribution in [2.45, 2.75) is 25.4 Å². The first-order chi connectivity index (χ1) is 6.75. The van der Waals surface area contributed by atoms with Crippen molar-refractivity contribution in [3.05, 3.63) is 11.6 Å². The number of carboxylic acid groups (broad SMARTS) is 1. The van der Waals surface area contributed by atoms with Crippen LogP contribution in [0.5, 0.6) is 0 Å². The number of ether oxygens (including phenoxy) is 1. The van der Waals surface area contributed by atoms with Gasteiger partial charge < -0.3 is 15.2 Å². The van der Waals surface area contributed by atoms with Crippen molar-refractivity contribution in [1.82, 2.24) is 5.32 Å². The number of carbonyl (C=O) groups is 1. The molecule has 0 bridgehead atoms. The summed E-state index contributed by atoms with van der Waals surface area (Å²) in [5.41, 5.74) is 1.75. The van der Waals surface area contributed by atoms with Gasteiger partial charge >= 0.3 is 6.09 Å². The molecular formula is C10H15NO3. The molecule has 1 saturated carbocycles. The lowest BCUT2D eigenvalue weighted by Crippen LogP contribution is -2.25. The van der Waals surface area contributed by atoms with Gasteiger partial charge in [-0.2, -0.15) is 0 Å². The molecule has 3 rings (SSSR count). The molecule has 2 unspecified atom stereocenters. The van der Waals surface area contributed by atoms with Crippen LogP contribution in [0, 0.1) is 5.92 Å². The summed E-state index contributed by atoms with van der Waals surface area (Å²) in [6, 6.07) is 0. The van der Waals surface area contributed by atoms with Crippen molar-refractivity contribution >= 4 is 6.09 Å². The lowest BCUT2D eigenvalue weighted by Gasteiger charge is -1.91. The molecule has 0 spiro atoms. The van der Waals surface area contributed by atoms with Crippen LogP contribution in [0.25, 0.3) is 0 Å². The molecule has 2 atom stereocenters. The summed E-state index contributed by atoms with van der Waals surface area (Å²) < 4.78 is 4.73. The van der Waals surface area contributed by atoms with E-state index in [0.29, 0.717) is 13.2 Å². The molecule has 14 heavy (non-hydrogen) atoms. The quantitative estimate of drug-likeness (QED) is 0.519. The number of fused-ring (bicyclic) bond motifs is 1. The van der Waals surface area contributed by atoms with Gasteiger partial charge in [-0.25, -0.2) is 4.79 Å². The smallest absolute Gasteiger partial charge is 0.404 e. The van der Waals surface area contributed by atoms with Crippen LogP contribution < -0.4 is 5.32 Å². The SMILES string of the molecule is C1=C2CCCC12.O=C(O)NCC1CO1. The fraction of sp³-hybridized carbons (Fsp3) is 0.700. The fourth-order valence-corrected chi connectivity index (χ4v) is 1.66. The molecule has 2 N–H and O–H groups in total. The molecule has 0 aromatic rings. The highest BCUT2D eigenvalue weighted by molar-refractivity contribution is 5.64. The minimum absolute atomic E-state index is 0.145. The average molecular weight is 197 g/mol. The molecule has 3 aliphatic rings. The van der Waals surface area contributed by atoms with Crippen molar-refractivity contribution in [3.8, 4) is 0 Å². The summed E-state index contributed by atoms with van der Waals surface area (Å²) in [5, 5.41) is 10.2. The van der Waals surface area contributed by atoms with Crippen molar-refractivity contribution < 1.29 is 14.6 Å². The number of allylic oxidation sites excluding steroid dienone is 2. The van der Waals surface area contributed by atoms with Crippen LogP contribution in [0.2, 0.25) is 0 Å². The first kappa shape index (κ1) is 9.52. The summed E-state index contributed by atoms with van der Waals surface area (Å²) in [6.45, 7) is 1.12. The van der Waals surface area contributed by atoms with E-state index in [1.54, 1.807) is 5.57 Å². The number of rotatable bonds is 2. The Kier molecular flexibility index (Phi) is 2.72. The Balaban J connectivity index is 0.000000110. The molecule has 1 saturated heterocycles. The maximum atomic E-state index is 9.76. The van der Waals surface area contributed by atoms with Crippen LogP contribution in [0.3, 0.4) is 0 Å². The Morgan fingerprint density at radius 2 is 2.50 bits per heavy atom. The van der Waals surface area contributed by atoms with Gasteiger partial charge in [0.1, 0.15) is 0 Å². The van der Waals surface area contributed by atoms with E-state index in [-0.39, 0.29) is 6.10 Å². The standard InChI is InChI=1S/C6H8.C4H7NO3/c1-2-5-4-6(5)3-1;6-4(7)5-1-3-2-8-3/h4-5H,1-3H2;3,5H,1-2H2,(H,6,7). The second-order valence-electron chi connectivity index (χ2n) is 3.88. The van der Waals surface area contributed by atoms with Gasteiger partial charge in [-0.1, -0.05) is 11.6 Å². The zero-order chi connectivity index (χ0) is 9.97. The Bertz CT molecular complexity index is 258. The largest absolute Gasteiger partial charge is 0.465 e. The van der Waals surface area contributed by atoms with Crippen LogP contribution in [0.4, 0.5) is 4.79 Å². The van der Waals surface area contributed by atoms with Gasteiger partial charge in [0.15, 0.2) is 0 Å². The maximum absolute atomic E-state index is 9.76. The molecule has 0 aromatic heterocycles. The van der Waals surface area contributed by atoms with E-state index in [1.807, 2.05) is 0 Å². The first-order valence-electron chi connectivity index (χ1n) is 5.04. The van der Waals surface area contributed by atoms with Crippen LogP contribution in [-0.4, -0.2) is 30.5 Å². The fourth-order valence-electron chi connectivity index (χ4n) is 1.66. The molecule has 4 heteroatoms. The minimum Gasteiger partial charge on any atom is -0.465 e. The molecule has 1 heterocycles. The third-order valence-corrected chi connectivity index (χ3v) is 2.65. The summed E-state index contributed by atoms with van der Waals surface area (Å²) >= 11 is 0. The van der Waals surface area contributed by atoms with E-state index in [4.69, 9.17) is 9.84 Å². The first-order valence-corrected chi connectivity index (χ1v) is 5.04. The van der Waals surface area contributed by atoms with Crippen molar-refractivity contribution in [1.29, 1.82) is 0 Å². The van der Waals surface area contributed by atoms with E-state index in [9.17, 15) is 4.79 Å². The average Bonchev–Trinajstić information content (AvgIpc) is 3.07. The number of hydrogen-bond acceptors (Lipinski definition) is 2. The van der Waals surface area contributed by atoms with Gasteiger partial charge in [-0.15, -0.1) is 0 Å². The van der Waals surface area contributed by atoms with Crippen molar-refractivity contribution in [2.24, 2.45) is 5.92 Å². The molecule has 2 fully saturated rings. The van der Waals surface area contributed by atoms with Gasteiger partial charge in [-0.05, 0) is 25.2 Å². The number of hydrogen-bond donors (Lipinski definition) is 2. The van der Waals surface area contributed by atoms with Gasteiger partial charge in [0.25, 0.3) is 0 Å². The lowest BCUT2D eigenvalue weighted by atomic mass is 10.3. The van der Waals surface area contributed by atoms with Gasteiger partial charge in [-0.3, -0.25) is 0 Å². The molecule has 1 amide bonds. The van der Waals surface area contributed by atoms with Crippen LogP contribution in [-0.2, 0) is 4.74 Å². The molecule has 0 aromatic carbocycles. The Labute approximate surface area is 82.9 Å². The second kappa shape index (κ2) is 4.00. The molecule has 2 aliphatic carbocycles. The van der Waals surface area contributed by atoms with E-state index in [0.717, 1.165) is 5.92 Å². The van der Waals surface area contributed by atoms with E-state index < -0.39 is 6.09 Å². The highest BCUT2D eigenvalue weighted by atomic mass is 16.6. The van der Waals surface area contributed by atoms with Crippen molar-refractivity contribution in [2.75, 3.05) is 13.2 Å². The Hall–Kier alpha value is -1.03. The van der Waals surface area contributed by atoms with Gasteiger partial charge in [0.2, 0.25) is 0 Å². The minimum atomic E-state index is -0.986. The molecule has 1 aliphatic heterocycles. The molecular weight excluding hydrogens is 182 g/mol. The highest BCUT2D eigenvalue weighted by Gasteiger charge is 2.28. The van der Waals surface area contributed by atoms with Gasteiger partial charge in [0, 0.05) is 6.54 Å². The monoisotopic (exact) mass is 197 g/mol. The summed E-state index contributed by atoms with van der Waals surface area (Å²) in [5.74, 6) is 1.00. The highest BCUT2D eigenvalue weighted by Crippen LogP contribution is 2.43. The van der Waals surface area contributed by atoms with E-state index in [1.165, 1.54) is 19.3 Å². The maximum Gasteiger partial charge on any atom is 0.404 e. The Morgan fingerprint density at radius 1 is 1.71 bits per heavy atom. The zero-order valence-electron chi connectivity index (χ0n) is 8.03. The zero-order valence-corrected chi connectivity index (χ0v) is 8.03. The number of epoxide rings is 1. The topological polar surface area (TPSA) is 61.9 Å². The predicted octanol–water partition coefficient (Wildman–Crippen LogP) is 1.38. The predicted molar refractivity (Wildman–Crippen MR) is 51.2 cm³/mol. The Morgan fingerprint density at radius 3 is 2.79 bits per heavy atom. The van der Waals surface area contributed by atoms with Crippen LogP contribution in [0.1, 0.15) is 19.3 Å². The molecule has 78 valence electrons. The third kappa shape index (κ3) is 3.03. The summed E-state index contributed by atoms with van der Waals surface area (Å²) in [4.78, 5) is 9.76. The number of nitrogens with one attached hydrogen (secondary N) is 1. The second-order valence-corrected chi connectivity index (χ2v) is 3.88. The normalized spacial score (nSPS) is 30.7. The number of amides is 1. The molecule has 0 radical (unpaired) electrons.